The Kier molecular flexibility index (Phi) is 9.44. The molecule has 1 atom stereocenters. The maximum atomic E-state index is 12.5. The number of ether oxygens (including phenoxy) is 1. The van der Waals surface area contributed by atoms with E-state index < -0.39 is 34.5 Å². The molecule has 7 nitrogen and oxygen atoms in total. The number of halogens is 2. The molecule has 0 spiro atoms. The van der Waals surface area contributed by atoms with Gasteiger partial charge in [-0.2, -0.15) is 16.5 Å². The average Bonchev–Trinajstić information content (AvgIpc) is 2.72. The van der Waals surface area contributed by atoms with Gasteiger partial charge in [0.05, 0.1) is 20.6 Å². The highest BCUT2D eigenvalue weighted by Gasteiger charge is 2.27. The van der Waals surface area contributed by atoms with Crippen LogP contribution in [0.2, 0.25) is 10.0 Å². The maximum absolute atomic E-state index is 12.5. The topological polar surface area (TPSA) is 102 Å². The number of thioether (sulfide) groups is 1. The van der Waals surface area contributed by atoms with E-state index in [0.29, 0.717) is 5.75 Å². The van der Waals surface area contributed by atoms with Crippen LogP contribution in [0.1, 0.15) is 6.42 Å². The van der Waals surface area contributed by atoms with E-state index in [1.54, 1.807) is 36.4 Å². The van der Waals surface area contributed by atoms with E-state index in [-0.39, 0.29) is 27.0 Å². The number of carbonyl (C=O) groups excluding carboxylic acids is 2. The molecule has 0 fully saturated rings. The van der Waals surface area contributed by atoms with Crippen LogP contribution in [0.3, 0.4) is 0 Å². The van der Waals surface area contributed by atoms with Gasteiger partial charge in [-0.1, -0.05) is 47.5 Å². The van der Waals surface area contributed by atoms with Gasteiger partial charge in [0.1, 0.15) is 6.04 Å². The summed E-state index contributed by atoms with van der Waals surface area (Å²) in [6.07, 6.45) is 2.03. The molecule has 30 heavy (non-hydrogen) atoms. The summed E-state index contributed by atoms with van der Waals surface area (Å²) in [5.41, 5.74) is 0.200. The van der Waals surface area contributed by atoms with E-state index in [2.05, 4.69) is 10.0 Å². The number of benzene rings is 2. The van der Waals surface area contributed by atoms with Crippen molar-refractivity contribution >= 4 is 62.6 Å². The van der Waals surface area contributed by atoms with Gasteiger partial charge in [-0.3, -0.25) is 9.59 Å². The standard InChI is InChI=1S/C19H20Cl2N2O5S2/c1-29-11-10-16(23-30(26,27)13-6-3-2-4-7-13)19(25)28-12-17(24)22-18-14(20)8-5-9-15(18)21/h2-9,16,23H,10-12H2,1H3,(H,22,24). The molecule has 0 bridgehead atoms. The molecule has 0 aromatic heterocycles. The molecule has 2 aromatic rings. The molecule has 0 radical (unpaired) electrons. The van der Waals surface area contributed by atoms with Gasteiger partial charge < -0.3 is 10.1 Å². The second kappa shape index (κ2) is 11.6. The minimum Gasteiger partial charge on any atom is -0.454 e. The lowest BCUT2D eigenvalue weighted by Gasteiger charge is -2.17. The number of carbonyl (C=O) groups is 2. The molecular weight excluding hydrogens is 471 g/mol. The highest BCUT2D eigenvalue weighted by molar-refractivity contribution is 7.98. The molecule has 0 saturated heterocycles. The lowest BCUT2D eigenvalue weighted by atomic mass is 10.2. The van der Waals surface area contributed by atoms with Crippen molar-refractivity contribution in [2.75, 3.05) is 23.9 Å². The van der Waals surface area contributed by atoms with Crippen molar-refractivity contribution < 1.29 is 22.7 Å². The fraction of sp³-hybridized carbons (Fsp3) is 0.263. The zero-order chi connectivity index (χ0) is 22.1. The summed E-state index contributed by atoms with van der Waals surface area (Å²) in [5, 5.41) is 2.93. The first-order chi connectivity index (χ1) is 14.2. The smallest absolute Gasteiger partial charge is 0.324 e. The number of sulfonamides is 1. The Morgan fingerprint density at radius 2 is 1.70 bits per heavy atom. The first-order valence-electron chi connectivity index (χ1n) is 8.71. The second-order valence-corrected chi connectivity index (χ2v) is 9.53. The number of anilines is 1. The summed E-state index contributed by atoms with van der Waals surface area (Å²) in [5.74, 6) is -1.00. The van der Waals surface area contributed by atoms with E-state index in [9.17, 15) is 18.0 Å². The molecule has 162 valence electrons. The number of hydrogen-bond donors (Lipinski definition) is 2. The maximum Gasteiger partial charge on any atom is 0.324 e. The molecule has 0 heterocycles. The molecule has 1 unspecified atom stereocenters. The zero-order valence-corrected chi connectivity index (χ0v) is 19.1. The predicted molar refractivity (Wildman–Crippen MR) is 120 cm³/mol. The largest absolute Gasteiger partial charge is 0.454 e. The van der Waals surface area contributed by atoms with Crippen molar-refractivity contribution in [1.29, 1.82) is 0 Å². The third kappa shape index (κ3) is 7.17. The summed E-state index contributed by atoms with van der Waals surface area (Å²) in [6, 6.07) is 11.2. The van der Waals surface area contributed by atoms with Crippen LogP contribution in [0.5, 0.6) is 0 Å². The molecule has 0 aliphatic carbocycles. The summed E-state index contributed by atoms with van der Waals surface area (Å²) in [7, 11) is -3.93. The van der Waals surface area contributed by atoms with Gasteiger partial charge >= 0.3 is 5.97 Å². The first-order valence-corrected chi connectivity index (χ1v) is 12.3. The molecule has 2 rings (SSSR count). The summed E-state index contributed by atoms with van der Waals surface area (Å²) >= 11 is 13.4. The lowest BCUT2D eigenvalue weighted by molar-refractivity contribution is -0.149. The Bertz CT molecular complexity index is 967. The van der Waals surface area contributed by atoms with Gasteiger partial charge in [0, 0.05) is 0 Å². The van der Waals surface area contributed by atoms with Crippen LogP contribution in [0, 0.1) is 0 Å². The van der Waals surface area contributed by atoms with Gasteiger partial charge in [-0.25, -0.2) is 8.42 Å². The van der Waals surface area contributed by atoms with Crippen LogP contribution in [0.25, 0.3) is 0 Å². The van der Waals surface area contributed by atoms with Gasteiger partial charge in [0.25, 0.3) is 5.91 Å². The molecular formula is C19H20Cl2N2O5S2. The Morgan fingerprint density at radius 1 is 1.07 bits per heavy atom. The quantitative estimate of drug-likeness (QED) is 0.493. The summed E-state index contributed by atoms with van der Waals surface area (Å²) < 4.78 is 32.4. The van der Waals surface area contributed by atoms with Crippen LogP contribution in [0.4, 0.5) is 5.69 Å². The van der Waals surface area contributed by atoms with Gasteiger partial charge in [0.2, 0.25) is 10.0 Å². The number of amides is 1. The number of hydrogen-bond acceptors (Lipinski definition) is 6. The van der Waals surface area contributed by atoms with Gasteiger partial charge in [0.15, 0.2) is 6.61 Å². The van der Waals surface area contributed by atoms with Crippen LogP contribution in [-0.2, 0) is 24.3 Å². The van der Waals surface area contributed by atoms with Crippen molar-refractivity contribution in [1.82, 2.24) is 4.72 Å². The molecule has 2 N–H and O–H groups in total. The monoisotopic (exact) mass is 490 g/mol. The second-order valence-electron chi connectivity index (χ2n) is 6.02. The molecule has 0 aliphatic rings. The van der Waals surface area contributed by atoms with Gasteiger partial charge in [-0.05, 0) is 42.7 Å². The van der Waals surface area contributed by atoms with Crippen molar-refractivity contribution in [3.63, 3.8) is 0 Å². The van der Waals surface area contributed by atoms with E-state index in [1.165, 1.54) is 23.9 Å². The summed E-state index contributed by atoms with van der Waals surface area (Å²) in [4.78, 5) is 24.6. The molecule has 2 aromatic carbocycles. The van der Waals surface area contributed by atoms with Gasteiger partial charge in [-0.15, -0.1) is 0 Å². The number of esters is 1. The predicted octanol–water partition coefficient (Wildman–Crippen LogP) is 3.58. The number of rotatable bonds is 10. The van der Waals surface area contributed by atoms with Crippen molar-refractivity contribution in [3.8, 4) is 0 Å². The molecule has 0 aliphatic heterocycles. The Labute approximate surface area is 189 Å². The van der Waals surface area contributed by atoms with E-state index >= 15 is 0 Å². The SMILES string of the molecule is CSCCC(NS(=O)(=O)c1ccccc1)C(=O)OCC(=O)Nc1c(Cl)cccc1Cl. The van der Waals surface area contributed by atoms with Crippen molar-refractivity contribution in [3.05, 3.63) is 58.6 Å². The highest BCUT2D eigenvalue weighted by Crippen LogP contribution is 2.29. The number of para-hydroxylation sites is 1. The third-order valence-corrected chi connectivity index (χ3v) is 6.58. The minimum atomic E-state index is -3.93. The average molecular weight is 491 g/mol. The van der Waals surface area contributed by atoms with Crippen molar-refractivity contribution in [2.24, 2.45) is 0 Å². The van der Waals surface area contributed by atoms with E-state index in [0.717, 1.165) is 0 Å². The Balaban J connectivity index is 2.02. The van der Waals surface area contributed by atoms with E-state index in [1.807, 2.05) is 6.26 Å². The third-order valence-electron chi connectivity index (χ3n) is 3.82. The van der Waals surface area contributed by atoms with Crippen LogP contribution in [-0.4, -0.2) is 45.0 Å². The minimum absolute atomic E-state index is 0.0260. The lowest BCUT2D eigenvalue weighted by Crippen LogP contribution is -2.43. The normalized spacial score (nSPS) is 12.2. The van der Waals surface area contributed by atoms with Crippen LogP contribution in [0.15, 0.2) is 53.4 Å². The fourth-order valence-electron chi connectivity index (χ4n) is 2.35. The molecule has 11 heteroatoms. The van der Waals surface area contributed by atoms with Crippen molar-refractivity contribution in [2.45, 2.75) is 17.4 Å². The van der Waals surface area contributed by atoms with E-state index in [4.69, 9.17) is 27.9 Å². The fourth-order valence-corrected chi connectivity index (χ4v) is 4.55. The molecule has 1 amide bonds. The first kappa shape index (κ1) is 24.5. The number of nitrogens with one attached hydrogen (secondary N) is 2. The zero-order valence-electron chi connectivity index (χ0n) is 15.9. The van der Waals surface area contributed by atoms with Crippen LogP contribution < -0.4 is 10.0 Å². The molecule has 0 saturated carbocycles. The summed E-state index contributed by atoms with van der Waals surface area (Å²) in [6.45, 7) is -0.622. The Hall–Kier alpha value is -1.78. The van der Waals surface area contributed by atoms with Crippen LogP contribution >= 0.6 is 35.0 Å². The highest BCUT2D eigenvalue weighted by atomic mass is 35.5. The Morgan fingerprint density at radius 3 is 2.30 bits per heavy atom.